The second kappa shape index (κ2) is 10.4. The van der Waals surface area contributed by atoms with Gasteiger partial charge in [0.1, 0.15) is 0 Å². The van der Waals surface area contributed by atoms with Gasteiger partial charge in [-0.2, -0.15) is 0 Å². The van der Waals surface area contributed by atoms with Gasteiger partial charge in [0.15, 0.2) is 0 Å². The second-order valence-corrected chi connectivity index (χ2v) is 4.96. The molecule has 0 radical (unpaired) electrons. The molecule has 1 aromatic rings. The minimum absolute atomic E-state index is 0.0642. The zero-order valence-corrected chi connectivity index (χ0v) is 14.5. The molecule has 0 aliphatic heterocycles. The number of nitrogens with one attached hydrogen (secondary N) is 1. The second-order valence-electron chi connectivity index (χ2n) is 4.96. The summed E-state index contributed by atoms with van der Waals surface area (Å²) >= 11 is 0. The van der Waals surface area contributed by atoms with Crippen molar-refractivity contribution in [2.75, 3.05) is 32.1 Å². The molecule has 1 aromatic heterocycles. The SMILES string of the molecule is C/C=C(\C=C/CC)C(=O)N(CC)CCNc1ccc(OC)nc1. The van der Waals surface area contributed by atoms with Crippen LogP contribution in [0.2, 0.25) is 0 Å². The Morgan fingerprint density at radius 1 is 1.39 bits per heavy atom. The first kappa shape index (κ1) is 18.7. The Morgan fingerprint density at radius 2 is 2.17 bits per heavy atom. The van der Waals surface area contributed by atoms with Crippen LogP contribution in [0, 0.1) is 0 Å². The number of amides is 1. The molecule has 0 atom stereocenters. The Kier molecular flexibility index (Phi) is 8.50. The van der Waals surface area contributed by atoms with E-state index < -0.39 is 0 Å². The predicted octanol–water partition coefficient (Wildman–Crippen LogP) is 3.26. The van der Waals surface area contributed by atoms with E-state index in [0.29, 0.717) is 25.5 Å². The topological polar surface area (TPSA) is 54.5 Å². The average Bonchev–Trinajstić information content (AvgIpc) is 2.59. The monoisotopic (exact) mass is 317 g/mol. The number of allylic oxidation sites excluding steroid dienone is 2. The van der Waals surface area contributed by atoms with E-state index in [9.17, 15) is 4.79 Å². The largest absolute Gasteiger partial charge is 0.481 e. The molecule has 0 aliphatic rings. The number of aromatic nitrogens is 1. The van der Waals surface area contributed by atoms with E-state index in [-0.39, 0.29) is 5.91 Å². The lowest BCUT2D eigenvalue weighted by Gasteiger charge is -2.22. The quantitative estimate of drug-likeness (QED) is 0.561. The van der Waals surface area contributed by atoms with Crippen molar-refractivity contribution in [3.8, 4) is 5.88 Å². The van der Waals surface area contributed by atoms with Crippen LogP contribution < -0.4 is 10.1 Å². The number of methoxy groups -OCH3 is 1. The van der Waals surface area contributed by atoms with Crippen molar-refractivity contribution in [3.63, 3.8) is 0 Å². The summed E-state index contributed by atoms with van der Waals surface area (Å²) in [6.07, 6.45) is 8.40. The number of nitrogens with zero attached hydrogens (tertiary/aromatic N) is 2. The van der Waals surface area contributed by atoms with Crippen LogP contribution in [-0.4, -0.2) is 42.5 Å². The maximum Gasteiger partial charge on any atom is 0.253 e. The molecule has 23 heavy (non-hydrogen) atoms. The molecule has 126 valence electrons. The molecule has 0 bridgehead atoms. The van der Waals surface area contributed by atoms with Crippen molar-refractivity contribution in [3.05, 3.63) is 42.1 Å². The standard InChI is InChI=1S/C18H27N3O2/c1-5-8-9-15(6-2)18(22)21(7-3)13-12-19-16-10-11-17(23-4)20-14-16/h6,8-11,14,19H,5,7,12-13H2,1-4H3/b9-8-,15-6+. The van der Waals surface area contributed by atoms with Crippen molar-refractivity contribution in [1.29, 1.82) is 0 Å². The van der Waals surface area contributed by atoms with Gasteiger partial charge >= 0.3 is 0 Å². The predicted molar refractivity (Wildman–Crippen MR) is 94.7 cm³/mol. The first-order valence-electron chi connectivity index (χ1n) is 8.02. The maximum atomic E-state index is 12.5. The molecule has 1 N–H and O–H groups in total. The van der Waals surface area contributed by atoms with E-state index in [1.807, 2.05) is 43.0 Å². The molecule has 0 aliphatic carbocycles. The molecule has 1 amide bonds. The van der Waals surface area contributed by atoms with Crippen LogP contribution in [-0.2, 0) is 4.79 Å². The number of anilines is 1. The fraction of sp³-hybridized carbons (Fsp3) is 0.444. The fourth-order valence-corrected chi connectivity index (χ4v) is 2.06. The molecule has 1 rings (SSSR count). The lowest BCUT2D eigenvalue weighted by Crippen LogP contribution is -2.35. The molecule has 0 spiro atoms. The van der Waals surface area contributed by atoms with Gasteiger partial charge in [-0.3, -0.25) is 4.79 Å². The Morgan fingerprint density at radius 3 is 2.70 bits per heavy atom. The summed E-state index contributed by atoms with van der Waals surface area (Å²) < 4.78 is 5.03. The fourth-order valence-electron chi connectivity index (χ4n) is 2.06. The van der Waals surface area contributed by atoms with Gasteiger partial charge < -0.3 is 15.0 Å². The van der Waals surface area contributed by atoms with Crippen molar-refractivity contribution in [2.45, 2.75) is 27.2 Å². The molecule has 0 aromatic carbocycles. The number of rotatable bonds is 9. The first-order valence-corrected chi connectivity index (χ1v) is 8.02. The van der Waals surface area contributed by atoms with Gasteiger partial charge in [0.05, 0.1) is 19.0 Å². The van der Waals surface area contributed by atoms with Crippen molar-refractivity contribution in [1.82, 2.24) is 9.88 Å². The van der Waals surface area contributed by atoms with Crippen LogP contribution in [0.5, 0.6) is 5.88 Å². The van der Waals surface area contributed by atoms with E-state index >= 15 is 0 Å². The first-order chi connectivity index (χ1) is 11.2. The molecule has 0 saturated carbocycles. The number of ether oxygens (including phenoxy) is 1. The van der Waals surface area contributed by atoms with Gasteiger partial charge in [0.25, 0.3) is 5.91 Å². The molecule has 0 saturated heterocycles. The lowest BCUT2D eigenvalue weighted by atomic mass is 10.2. The van der Waals surface area contributed by atoms with E-state index in [1.165, 1.54) is 0 Å². The Hall–Kier alpha value is -2.30. The summed E-state index contributed by atoms with van der Waals surface area (Å²) in [4.78, 5) is 18.5. The van der Waals surface area contributed by atoms with Gasteiger partial charge in [-0.15, -0.1) is 0 Å². The molecule has 0 unspecified atom stereocenters. The van der Waals surface area contributed by atoms with Crippen molar-refractivity contribution in [2.24, 2.45) is 0 Å². The molecule has 0 fully saturated rings. The number of hydrogen-bond acceptors (Lipinski definition) is 4. The number of carbonyl (C=O) groups excluding carboxylic acids is 1. The third kappa shape index (κ3) is 6.14. The van der Waals surface area contributed by atoms with E-state index in [2.05, 4.69) is 17.2 Å². The minimum Gasteiger partial charge on any atom is -0.481 e. The van der Waals surface area contributed by atoms with Gasteiger partial charge in [-0.1, -0.05) is 25.2 Å². The number of carbonyl (C=O) groups is 1. The zero-order chi connectivity index (χ0) is 17.1. The van der Waals surface area contributed by atoms with Crippen LogP contribution in [0.15, 0.2) is 42.1 Å². The summed E-state index contributed by atoms with van der Waals surface area (Å²) in [5.74, 6) is 0.649. The summed E-state index contributed by atoms with van der Waals surface area (Å²) in [6, 6.07) is 3.71. The van der Waals surface area contributed by atoms with Gasteiger partial charge in [-0.05, 0) is 26.3 Å². The molecule has 5 heteroatoms. The molecule has 1 heterocycles. The van der Waals surface area contributed by atoms with E-state index in [1.54, 1.807) is 19.4 Å². The van der Waals surface area contributed by atoms with Crippen LogP contribution in [0.3, 0.4) is 0 Å². The van der Waals surface area contributed by atoms with Crippen molar-refractivity contribution < 1.29 is 9.53 Å². The Labute approximate surface area is 139 Å². The zero-order valence-electron chi connectivity index (χ0n) is 14.5. The minimum atomic E-state index is 0.0642. The summed E-state index contributed by atoms with van der Waals surface area (Å²) in [6.45, 7) is 7.92. The van der Waals surface area contributed by atoms with Gasteiger partial charge in [0, 0.05) is 31.3 Å². The summed E-state index contributed by atoms with van der Waals surface area (Å²) in [5, 5.41) is 3.27. The highest BCUT2D eigenvalue weighted by molar-refractivity contribution is 5.96. The number of pyridine rings is 1. The number of hydrogen-bond donors (Lipinski definition) is 1. The van der Waals surface area contributed by atoms with E-state index in [4.69, 9.17) is 4.74 Å². The van der Waals surface area contributed by atoms with Crippen LogP contribution in [0.25, 0.3) is 0 Å². The van der Waals surface area contributed by atoms with Gasteiger partial charge in [0.2, 0.25) is 5.88 Å². The third-order valence-electron chi connectivity index (χ3n) is 3.42. The highest BCUT2D eigenvalue weighted by Gasteiger charge is 2.13. The van der Waals surface area contributed by atoms with Crippen LogP contribution >= 0.6 is 0 Å². The molecular formula is C18H27N3O2. The average molecular weight is 317 g/mol. The van der Waals surface area contributed by atoms with Gasteiger partial charge in [-0.25, -0.2) is 4.98 Å². The van der Waals surface area contributed by atoms with Crippen molar-refractivity contribution >= 4 is 11.6 Å². The lowest BCUT2D eigenvalue weighted by molar-refractivity contribution is -0.126. The van der Waals surface area contributed by atoms with Crippen LogP contribution in [0.1, 0.15) is 27.2 Å². The Bertz CT molecular complexity index is 536. The molecular weight excluding hydrogens is 290 g/mol. The smallest absolute Gasteiger partial charge is 0.253 e. The normalized spacial score (nSPS) is 11.6. The third-order valence-corrected chi connectivity index (χ3v) is 3.42. The number of likely N-dealkylation sites (N-methyl/N-ethyl adjacent to an activating group) is 1. The Balaban J connectivity index is 2.55. The van der Waals surface area contributed by atoms with Crippen LogP contribution in [0.4, 0.5) is 5.69 Å². The summed E-state index contributed by atoms with van der Waals surface area (Å²) in [5.41, 5.74) is 1.64. The maximum absolute atomic E-state index is 12.5. The van der Waals surface area contributed by atoms with E-state index in [0.717, 1.165) is 17.7 Å². The molecule has 5 nitrogen and oxygen atoms in total. The highest BCUT2D eigenvalue weighted by Crippen LogP contribution is 2.11. The summed E-state index contributed by atoms with van der Waals surface area (Å²) in [7, 11) is 1.59. The highest BCUT2D eigenvalue weighted by atomic mass is 16.5.